The fourth-order valence-corrected chi connectivity index (χ4v) is 3.33. The molecule has 0 aromatic heterocycles. The van der Waals surface area contributed by atoms with Crippen LogP contribution >= 0.6 is 0 Å². The number of aliphatic hydroxyl groups excluding tert-OH is 1. The molecule has 31 heavy (non-hydrogen) atoms. The summed E-state index contributed by atoms with van der Waals surface area (Å²) in [6.45, 7) is 3.10. The lowest BCUT2D eigenvalue weighted by Gasteiger charge is -2.24. The number of carboxylic acids is 1. The quantitative estimate of drug-likeness (QED) is 0.541. The van der Waals surface area contributed by atoms with Gasteiger partial charge in [-0.05, 0) is 54.8 Å². The standard InChI is InChI=1S/C25H27FO5/c1-17(3-2-4-18-5-8-21(26)9-6-18)23(27)16-20-15-19(25(28)29)7-10-24(20)31-22-11-13-30-14-12-22/h2,4-10,15,22,27H,3,11-14,16H2,1H3,(H,28,29). The van der Waals surface area contributed by atoms with Gasteiger partial charge in [-0.15, -0.1) is 0 Å². The number of carboxylic acid groups (broad SMARTS) is 1. The van der Waals surface area contributed by atoms with Gasteiger partial charge in [-0.2, -0.15) is 0 Å². The Bertz CT molecular complexity index is 956. The van der Waals surface area contributed by atoms with Crippen LogP contribution in [0.3, 0.4) is 0 Å². The first-order chi connectivity index (χ1) is 14.9. The molecule has 1 saturated heterocycles. The van der Waals surface area contributed by atoms with E-state index in [1.807, 2.05) is 19.1 Å². The summed E-state index contributed by atoms with van der Waals surface area (Å²) in [7, 11) is 0. The van der Waals surface area contributed by atoms with E-state index in [1.165, 1.54) is 18.2 Å². The lowest BCUT2D eigenvalue weighted by molar-refractivity contribution is 0.0252. The van der Waals surface area contributed by atoms with Crippen molar-refractivity contribution >= 4 is 12.0 Å². The molecule has 6 heteroatoms. The molecule has 5 nitrogen and oxygen atoms in total. The normalized spacial score (nSPS) is 15.7. The van der Waals surface area contributed by atoms with Crippen molar-refractivity contribution in [3.8, 4) is 5.75 Å². The van der Waals surface area contributed by atoms with Crippen molar-refractivity contribution in [3.63, 3.8) is 0 Å². The van der Waals surface area contributed by atoms with E-state index in [2.05, 4.69) is 0 Å². The number of carbonyl (C=O) groups is 1. The summed E-state index contributed by atoms with van der Waals surface area (Å²) in [6.07, 6.45) is 6.00. The van der Waals surface area contributed by atoms with Gasteiger partial charge in [0.1, 0.15) is 17.7 Å². The third kappa shape index (κ3) is 6.69. The number of aromatic carboxylic acids is 1. The molecule has 0 atom stereocenters. The van der Waals surface area contributed by atoms with Crippen LogP contribution in [0.15, 0.2) is 59.9 Å². The number of benzene rings is 2. The first kappa shape index (κ1) is 22.6. The van der Waals surface area contributed by atoms with Crippen molar-refractivity contribution in [2.75, 3.05) is 13.2 Å². The van der Waals surface area contributed by atoms with E-state index in [1.54, 1.807) is 24.3 Å². The highest BCUT2D eigenvalue weighted by molar-refractivity contribution is 5.88. The van der Waals surface area contributed by atoms with Crippen LogP contribution in [-0.2, 0) is 11.2 Å². The number of hydrogen-bond acceptors (Lipinski definition) is 4. The fourth-order valence-electron chi connectivity index (χ4n) is 3.33. The minimum Gasteiger partial charge on any atom is -0.512 e. The maximum absolute atomic E-state index is 13.0. The smallest absolute Gasteiger partial charge is 0.335 e. The Morgan fingerprint density at radius 1 is 1.16 bits per heavy atom. The Kier molecular flexibility index (Phi) is 7.84. The second kappa shape index (κ2) is 10.8. The van der Waals surface area contributed by atoms with Gasteiger partial charge in [0.15, 0.2) is 0 Å². The predicted molar refractivity (Wildman–Crippen MR) is 117 cm³/mol. The van der Waals surface area contributed by atoms with Crippen molar-refractivity contribution in [3.05, 3.63) is 82.4 Å². The highest BCUT2D eigenvalue weighted by Crippen LogP contribution is 2.27. The second-order valence-corrected chi connectivity index (χ2v) is 7.62. The van der Waals surface area contributed by atoms with Gasteiger partial charge in [0.25, 0.3) is 0 Å². The number of ether oxygens (including phenoxy) is 2. The van der Waals surface area contributed by atoms with Gasteiger partial charge >= 0.3 is 5.97 Å². The minimum atomic E-state index is -1.03. The van der Waals surface area contributed by atoms with Crippen LogP contribution in [0.2, 0.25) is 0 Å². The SMILES string of the molecule is CC(CC=Cc1ccc(F)cc1)=C(O)Cc1cc(C(=O)O)ccc1OC1CCOCC1. The zero-order chi connectivity index (χ0) is 22.2. The monoisotopic (exact) mass is 426 g/mol. The van der Waals surface area contributed by atoms with Crippen LogP contribution in [0.1, 0.15) is 47.7 Å². The van der Waals surface area contributed by atoms with Crippen molar-refractivity contribution in [2.45, 2.75) is 38.7 Å². The maximum Gasteiger partial charge on any atom is 0.335 e. The van der Waals surface area contributed by atoms with E-state index in [0.717, 1.165) is 24.0 Å². The molecule has 2 aromatic rings. The number of aliphatic hydroxyl groups is 1. The lowest BCUT2D eigenvalue weighted by atomic mass is 10.0. The van der Waals surface area contributed by atoms with E-state index in [-0.39, 0.29) is 29.7 Å². The Balaban J connectivity index is 1.73. The minimum absolute atomic E-state index is 0.00837. The average molecular weight is 426 g/mol. The molecule has 1 fully saturated rings. The van der Waals surface area contributed by atoms with Crippen LogP contribution in [-0.4, -0.2) is 35.5 Å². The van der Waals surface area contributed by atoms with Gasteiger partial charge in [-0.1, -0.05) is 24.3 Å². The number of halogens is 1. The van der Waals surface area contributed by atoms with Crippen LogP contribution in [0.4, 0.5) is 4.39 Å². The van der Waals surface area contributed by atoms with Crippen LogP contribution < -0.4 is 4.74 Å². The van der Waals surface area contributed by atoms with Crippen molar-refractivity contribution in [2.24, 2.45) is 0 Å². The molecule has 2 aromatic carbocycles. The molecule has 0 spiro atoms. The molecule has 0 radical (unpaired) electrons. The second-order valence-electron chi connectivity index (χ2n) is 7.62. The van der Waals surface area contributed by atoms with Gasteiger partial charge in [-0.3, -0.25) is 0 Å². The summed E-state index contributed by atoms with van der Waals surface area (Å²) < 4.78 is 24.4. The molecular formula is C25H27FO5. The summed E-state index contributed by atoms with van der Waals surface area (Å²) >= 11 is 0. The summed E-state index contributed by atoms with van der Waals surface area (Å²) in [5.41, 5.74) is 2.41. The molecule has 2 N–H and O–H groups in total. The predicted octanol–water partition coefficient (Wildman–Crippen LogP) is 5.56. The van der Waals surface area contributed by atoms with Gasteiger partial charge in [0.2, 0.25) is 0 Å². The molecule has 0 bridgehead atoms. The summed E-state index contributed by atoms with van der Waals surface area (Å²) in [6, 6.07) is 10.9. The molecule has 164 valence electrons. The third-order valence-corrected chi connectivity index (χ3v) is 5.22. The highest BCUT2D eigenvalue weighted by atomic mass is 19.1. The maximum atomic E-state index is 13.0. The van der Waals surface area contributed by atoms with Crippen molar-refractivity contribution < 1.29 is 28.9 Å². The Hall–Kier alpha value is -3.12. The Morgan fingerprint density at radius 2 is 1.87 bits per heavy atom. The summed E-state index contributed by atoms with van der Waals surface area (Å²) in [5, 5.41) is 20.0. The number of hydrogen-bond donors (Lipinski definition) is 2. The lowest BCUT2D eigenvalue weighted by Crippen LogP contribution is -2.26. The molecule has 0 unspecified atom stereocenters. The van der Waals surface area contributed by atoms with Crippen molar-refractivity contribution in [1.82, 2.24) is 0 Å². The average Bonchev–Trinajstić information content (AvgIpc) is 2.76. The van der Waals surface area contributed by atoms with Crippen LogP contribution in [0, 0.1) is 5.82 Å². The molecule has 1 aliphatic rings. The molecule has 0 saturated carbocycles. The molecule has 3 rings (SSSR count). The van der Waals surface area contributed by atoms with E-state index in [0.29, 0.717) is 30.9 Å². The zero-order valence-corrected chi connectivity index (χ0v) is 17.5. The van der Waals surface area contributed by atoms with Crippen LogP contribution in [0.25, 0.3) is 6.08 Å². The Labute approximate surface area is 181 Å². The van der Waals surface area contributed by atoms with E-state index in [9.17, 15) is 19.4 Å². The fraction of sp³-hybridized carbons (Fsp3) is 0.320. The van der Waals surface area contributed by atoms with Gasteiger partial charge < -0.3 is 19.7 Å². The van der Waals surface area contributed by atoms with E-state index >= 15 is 0 Å². The zero-order valence-electron chi connectivity index (χ0n) is 17.5. The molecule has 1 aliphatic heterocycles. The van der Waals surface area contributed by atoms with Gasteiger partial charge in [-0.25, -0.2) is 9.18 Å². The molecule has 0 aliphatic carbocycles. The van der Waals surface area contributed by atoms with E-state index in [4.69, 9.17) is 9.47 Å². The number of rotatable bonds is 8. The largest absolute Gasteiger partial charge is 0.512 e. The van der Waals surface area contributed by atoms with Gasteiger partial charge in [0, 0.05) is 24.8 Å². The third-order valence-electron chi connectivity index (χ3n) is 5.22. The number of allylic oxidation sites excluding steroid dienone is 3. The summed E-state index contributed by atoms with van der Waals surface area (Å²) in [4.78, 5) is 11.4. The van der Waals surface area contributed by atoms with E-state index < -0.39 is 5.97 Å². The molecular weight excluding hydrogens is 399 g/mol. The molecule has 1 heterocycles. The Morgan fingerprint density at radius 3 is 2.55 bits per heavy atom. The first-order valence-electron chi connectivity index (χ1n) is 10.3. The van der Waals surface area contributed by atoms with Crippen LogP contribution in [0.5, 0.6) is 5.75 Å². The molecule has 0 amide bonds. The van der Waals surface area contributed by atoms with Crippen molar-refractivity contribution in [1.29, 1.82) is 0 Å². The van der Waals surface area contributed by atoms with Gasteiger partial charge in [0.05, 0.1) is 24.5 Å². The summed E-state index contributed by atoms with van der Waals surface area (Å²) in [5.74, 6) is -0.559. The topological polar surface area (TPSA) is 76.0 Å². The highest BCUT2D eigenvalue weighted by Gasteiger charge is 2.18. The first-order valence-corrected chi connectivity index (χ1v) is 10.3.